The molecule has 0 aromatic heterocycles. The van der Waals surface area contributed by atoms with Gasteiger partial charge in [0.15, 0.2) is 9.84 Å². The van der Waals surface area contributed by atoms with Gasteiger partial charge in [0, 0.05) is 23.9 Å². The largest absolute Gasteiger partial charge is 0.372 e. The number of nitrogens with zero attached hydrogens (tertiary/aromatic N) is 1. The molecule has 1 aliphatic heterocycles. The fourth-order valence-corrected chi connectivity index (χ4v) is 5.32. The zero-order valence-electron chi connectivity index (χ0n) is 13.8. The molecule has 2 unspecified atom stereocenters. The van der Waals surface area contributed by atoms with Crippen LogP contribution >= 0.6 is 23.4 Å². The maximum absolute atomic E-state index is 12.2. The molecule has 0 saturated carbocycles. The summed E-state index contributed by atoms with van der Waals surface area (Å²) in [4.78, 5) is 14.3. The SMILES string of the molecule is CC1CN(C(=O)CSCCS(=O)(=O)c2ccc(Cl)cc2)CC(C)O1. The highest BCUT2D eigenvalue weighted by atomic mass is 35.5. The predicted octanol–water partition coefficient (Wildman–Crippen LogP) is 2.48. The van der Waals surface area contributed by atoms with E-state index in [1.165, 1.54) is 23.9 Å². The molecule has 1 aromatic carbocycles. The van der Waals surface area contributed by atoms with Crippen LogP contribution < -0.4 is 0 Å². The second-order valence-electron chi connectivity index (χ2n) is 5.88. The van der Waals surface area contributed by atoms with Crippen molar-refractivity contribution in [2.75, 3.05) is 30.3 Å². The van der Waals surface area contributed by atoms with Gasteiger partial charge in [-0.3, -0.25) is 4.79 Å². The molecule has 0 aliphatic carbocycles. The monoisotopic (exact) mass is 391 g/mol. The number of hydrogen-bond acceptors (Lipinski definition) is 5. The van der Waals surface area contributed by atoms with Gasteiger partial charge in [-0.05, 0) is 38.1 Å². The summed E-state index contributed by atoms with van der Waals surface area (Å²) in [5.41, 5.74) is 0. The van der Waals surface area contributed by atoms with Gasteiger partial charge in [0.1, 0.15) is 0 Å². The number of carbonyl (C=O) groups is 1. The summed E-state index contributed by atoms with van der Waals surface area (Å²) in [5, 5.41) is 0.503. The van der Waals surface area contributed by atoms with E-state index in [1.807, 2.05) is 13.8 Å². The van der Waals surface area contributed by atoms with Crippen LogP contribution in [-0.2, 0) is 19.4 Å². The van der Waals surface area contributed by atoms with Gasteiger partial charge in [-0.15, -0.1) is 0 Å². The maximum Gasteiger partial charge on any atom is 0.232 e. The highest BCUT2D eigenvalue weighted by Gasteiger charge is 2.25. The highest BCUT2D eigenvalue weighted by Crippen LogP contribution is 2.17. The van der Waals surface area contributed by atoms with E-state index in [9.17, 15) is 13.2 Å². The van der Waals surface area contributed by atoms with Crippen molar-refractivity contribution in [3.63, 3.8) is 0 Å². The van der Waals surface area contributed by atoms with Gasteiger partial charge in [-0.2, -0.15) is 11.8 Å². The molecule has 8 heteroatoms. The average molecular weight is 392 g/mol. The summed E-state index contributed by atoms with van der Waals surface area (Å²) < 4.78 is 30.0. The van der Waals surface area contributed by atoms with Crippen molar-refractivity contribution in [3.05, 3.63) is 29.3 Å². The van der Waals surface area contributed by atoms with E-state index in [-0.39, 0.29) is 34.5 Å². The van der Waals surface area contributed by atoms with Gasteiger partial charge in [0.2, 0.25) is 5.91 Å². The Bertz CT molecular complexity index is 653. The fourth-order valence-electron chi connectivity index (χ4n) is 2.56. The molecule has 2 atom stereocenters. The van der Waals surface area contributed by atoms with Gasteiger partial charge < -0.3 is 9.64 Å². The van der Waals surface area contributed by atoms with Crippen molar-refractivity contribution < 1.29 is 17.9 Å². The van der Waals surface area contributed by atoms with Crippen molar-refractivity contribution in [1.82, 2.24) is 4.90 Å². The fraction of sp³-hybridized carbons (Fsp3) is 0.562. The lowest BCUT2D eigenvalue weighted by Gasteiger charge is -2.35. The second kappa shape index (κ2) is 8.56. The number of sulfone groups is 1. The summed E-state index contributed by atoms with van der Waals surface area (Å²) in [6.45, 7) is 5.07. The van der Waals surface area contributed by atoms with Gasteiger partial charge in [-0.1, -0.05) is 11.6 Å². The molecule has 1 aliphatic rings. The normalized spacial score (nSPS) is 21.7. The minimum Gasteiger partial charge on any atom is -0.372 e. The number of amides is 1. The molecule has 1 heterocycles. The number of carbonyl (C=O) groups excluding carboxylic acids is 1. The Morgan fingerprint density at radius 2 is 1.83 bits per heavy atom. The van der Waals surface area contributed by atoms with Crippen LogP contribution in [0.3, 0.4) is 0 Å². The summed E-state index contributed by atoms with van der Waals surface area (Å²) in [6, 6.07) is 6.13. The first-order valence-corrected chi connectivity index (χ1v) is 11.0. The second-order valence-corrected chi connectivity index (χ2v) is 9.53. The number of benzene rings is 1. The van der Waals surface area contributed by atoms with Crippen LogP contribution in [0.15, 0.2) is 29.2 Å². The van der Waals surface area contributed by atoms with Crippen LogP contribution in [0, 0.1) is 0 Å². The third kappa shape index (κ3) is 5.65. The predicted molar refractivity (Wildman–Crippen MR) is 97.4 cm³/mol. The van der Waals surface area contributed by atoms with Crippen LogP contribution in [0.2, 0.25) is 5.02 Å². The van der Waals surface area contributed by atoms with Crippen molar-refractivity contribution in [3.8, 4) is 0 Å². The topological polar surface area (TPSA) is 63.7 Å². The number of ether oxygens (including phenoxy) is 1. The Morgan fingerprint density at radius 3 is 2.42 bits per heavy atom. The zero-order valence-corrected chi connectivity index (χ0v) is 16.2. The van der Waals surface area contributed by atoms with Crippen LogP contribution in [0.4, 0.5) is 0 Å². The third-order valence-electron chi connectivity index (χ3n) is 3.67. The first-order chi connectivity index (χ1) is 11.3. The molecule has 1 amide bonds. The Kier molecular flexibility index (Phi) is 6.98. The lowest BCUT2D eigenvalue weighted by atomic mass is 10.2. The lowest BCUT2D eigenvalue weighted by molar-refractivity contribution is -0.140. The summed E-state index contributed by atoms with van der Waals surface area (Å²) in [7, 11) is -3.34. The number of rotatable bonds is 6. The molecule has 24 heavy (non-hydrogen) atoms. The first kappa shape index (κ1) is 19.6. The summed E-state index contributed by atoms with van der Waals surface area (Å²) in [5.74, 6) is 0.704. The number of morpholine rings is 1. The van der Waals surface area contributed by atoms with Crippen LogP contribution in [-0.4, -0.2) is 61.8 Å². The lowest BCUT2D eigenvalue weighted by Crippen LogP contribution is -2.48. The Labute approximate surface area is 152 Å². The van der Waals surface area contributed by atoms with Crippen molar-refractivity contribution in [2.24, 2.45) is 0 Å². The van der Waals surface area contributed by atoms with Crippen molar-refractivity contribution in [2.45, 2.75) is 31.0 Å². The molecule has 1 aromatic rings. The smallest absolute Gasteiger partial charge is 0.232 e. The minimum atomic E-state index is -3.34. The molecule has 0 N–H and O–H groups in total. The molecular formula is C16H22ClNO4S2. The van der Waals surface area contributed by atoms with E-state index >= 15 is 0 Å². The van der Waals surface area contributed by atoms with E-state index in [1.54, 1.807) is 17.0 Å². The van der Waals surface area contributed by atoms with Gasteiger partial charge in [0.25, 0.3) is 0 Å². The Hall–Kier alpha value is -0.760. The molecule has 0 spiro atoms. The number of halogens is 1. The summed E-state index contributed by atoms with van der Waals surface area (Å²) in [6.07, 6.45) is 0.0703. The molecule has 0 bridgehead atoms. The maximum atomic E-state index is 12.2. The van der Waals surface area contributed by atoms with E-state index in [4.69, 9.17) is 16.3 Å². The number of thioether (sulfide) groups is 1. The van der Waals surface area contributed by atoms with E-state index in [0.717, 1.165) is 0 Å². The highest BCUT2D eigenvalue weighted by molar-refractivity contribution is 8.01. The van der Waals surface area contributed by atoms with Gasteiger partial charge >= 0.3 is 0 Å². The van der Waals surface area contributed by atoms with Crippen LogP contribution in [0.1, 0.15) is 13.8 Å². The van der Waals surface area contributed by atoms with Crippen molar-refractivity contribution in [1.29, 1.82) is 0 Å². The van der Waals surface area contributed by atoms with E-state index < -0.39 is 9.84 Å². The molecular weight excluding hydrogens is 370 g/mol. The zero-order chi connectivity index (χ0) is 17.7. The molecule has 5 nitrogen and oxygen atoms in total. The Balaban J connectivity index is 1.77. The molecule has 0 radical (unpaired) electrons. The van der Waals surface area contributed by atoms with E-state index in [0.29, 0.717) is 23.9 Å². The minimum absolute atomic E-state index is 0.00248. The molecule has 134 valence electrons. The molecule has 1 saturated heterocycles. The van der Waals surface area contributed by atoms with Crippen LogP contribution in [0.5, 0.6) is 0 Å². The van der Waals surface area contributed by atoms with E-state index in [2.05, 4.69) is 0 Å². The standard InChI is InChI=1S/C16H22ClNO4S2/c1-12-9-18(10-13(2)22-12)16(19)11-23-7-8-24(20,21)15-5-3-14(17)4-6-15/h3-6,12-13H,7-11H2,1-2H3. The average Bonchev–Trinajstić information content (AvgIpc) is 2.51. The first-order valence-electron chi connectivity index (χ1n) is 7.77. The molecule has 1 fully saturated rings. The van der Waals surface area contributed by atoms with Crippen molar-refractivity contribution >= 4 is 39.1 Å². The van der Waals surface area contributed by atoms with Gasteiger partial charge in [-0.25, -0.2) is 8.42 Å². The quantitative estimate of drug-likeness (QED) is 0.697. The van der Waals surface area contributed by atoms with Gasteiger partial charge in [0.05, 0.1) is 28.6 Å². The number of hydrogen-bond donors (Lipinski definition) is 0. The third-order valence-corrected chi connectivity index (χ3v) is 6.85. The summed E-state index contributed by atoms with van der Waals surface area (Å²) >= 11 is 7.11. The Morgan fingerprint density at radius 1 is 1.25 bits per heavy atom. The molecule has 2 rings (SSSR count). The van der Waals surface area contributed by atoms with Crippen LogP contribution in [0.25, 0.3) is 0 Å².